The lowest BCUT2D eigenvalue weighted by Gasteiger charge is -2.38. The third kappa shape index (κ3) is 3.40. The minimum Gasteiger partial charge on any atom is -0.486 e. The zero-order chi connectivity index (χ0) is 17.3. The summed E-state index contributed by atoms with van der Waals surface area (Å²) in [5, 5.41) is 2.69. The normalized spacial score (nSPS) is 14.2. The van der Waals surface area contributed by atoms with Crippen LogP contribution in [0.3, 0.4) is 0 Å². The van der Waals surface area contributed by atoms with Crippen LogP contribution < -0.4 is 15.6 Å². The Kier molecular flexibility index (Phi) is 4.24. The van der Waals surface area contributed by atoms with Crippen molar-refractivity contribution in [2.75, 3.05) is 18.4 Å². The summed E-state index contributed by atoms with van der Waals surface area (Å²) in [6.45, 7) is 2.69. The van der Waals surface area contributed by atoms with Gasteiger partial charge in [-0.2, -0.15) is 0 Å². The molecule has 1 saturated heterocycles. The van der Waals surface area contributed by atoms with Crippen LogP contribution in [0.15, 0.2) is 41.2 Å². The minimum atomic E-state index is -0.352. The summed E-state index contributed by atoms with van der Waals surface area (Å²) in [7, 11) is 1.70. The number of nitrogens with zero attached hydrogens (tertiary/aromatic N) is 2. The number of pyridine rings is 1. The van der Waals surface area contributed by atoms with E-state index >= 15 is 0 Å². The molecule has 0 aliphatic carbocycles. The van der Waals surface area contributed by atoms with Gasteiger partial charge in [0.15, 0.2) is 0 Å². The first-order valence-electron chi connectivity index (χ1n) is 7.58. The molecule has 1 aromatic heterocycles. The third-order valence-electron chi connectivity index (χ3n) is 4.01. The summed E-state index contributed by atoms with van der Waals surface area (Å²) in [4.78, 5) is 25.4. The van der Waals surface area contributed by atoms with Crippen molar-refractivity contribution in [1.29, 1.82) is 0 Å². The molecule has 6 nitrogen and oxygen atoms in total. The lowest BCUT2D eigenvalue weighted by Crippen LogP contribution is -2.57. The highest BCUT2D eigenvalue weighted by Crippen LogP contribution is 2.19. The average molecular weight is 331 g/mol. The molecule has 2 amide bonds. The summed E-state index contributed by atoms with van der Waals surface area (Å²) in [5.41, 5.74) is 1.21. The van der Waals surface area contributed by atoms with Crippen molar-refractivity contribution >= 4 is 11.7 Å². The molecule has 2 heterocycles. The van der Waals surface area contributed by atoms with Gasteiger partial charge in [-0.05, 0) is 37.3 Å². The van der Waals surface area contributed by atoms with Gasteiger partial charge >= 0.3 is 6.03 Å². The molecular formula is C17H18FN3O3. The van der Waals surface area contributed by atoms with Gasteiger partial charge in [0.2, 0.25) is 0 Å². The second-order valence-corrected chi connectivity index (χ2v) is 5.81. The van der Waals surface area contributed by atoms with Crippen LogP contribution in [0.25, 0.3) is 0 Å². The van der Waals surface area contributed by atoms with Gasteiger partial charge in [-0.1, -0.05) is 0 Å². The first-order chi connectivity index (χ1) is 11.4. The number of rotatable bonds is 3. The molecule has 24 heavy (non-hydrogen) atoms. The maximum atomic E-state index is 12.8. The van der Waals surface area contributed by atoms with E-state index in [9.17, 15) is 14.0 Å². The van der Waals surface area contributed by atoms with Crippen LogP contribution in [0.5, 0.6) is 5.75 Å². The van der Waals surface area contributed by atoms with Crippen LogP contribution in [0, 0.1) is 12.7 Å². The van der Waals surface area contributed by atoms with Crippen molar-refractivity contribution in [3.05, 3.63) is 58.3 Å². The molecule has 1 N–H and O–H groups in total. The number of nitrogens with one attached hydrogen (secondary N) is 1. The zero-order valence-corrected chi connectivity index (χ0v) is 13.5. The second kappa shape index (κ2) is 6.35. The van der Waals surface area contributed by atoms with Crippen molar-refractivity contribution in [2.24, 2.45) is 7.05 Å². The minimum absolute atomic E-state index is 0.129. The number of carbonyl (C=O) groups excluding carboxylic acids is 1. The molecule has 1 aromatic carbocycles. The van der Waals surface area contributed by atoms with E-state index in [4.69, 9.17) is 4.74 Å². The maximum absolute atomic E-state index is 12.8. The number of aryl methyl sites for hydroxylation is 1. The van der Waals surface area contributed by atoms with Crippen molar-refractivity contribution in [3.63, 3.8) is 0 Å². The average Bonchev–Trinajstić information content (AvgIpc) is 2.50. The lowest BCUT2D eigenvalue weighted by atomic mass is 10.2. The highest BCUT2D eigenvalue weighted by Gasteiger charge is 2.32. The van der Waals surface area contributed by atoms with Gasteiger partial charge in [-0.3, -0.25) is 4.79 Å². The van der Waals surface area contributed by atoms with Gasteiger partial charge in [0.05, 0.1) is 13.1 Å². The van der Waals surface area contributed by atoms with Gasteiger partial charge in [0.25, 0.3) is 5.56 Å². The Labute approximate surface area is 138 Å². The number of ether oxygens (including phenoxy) is 1. The van der Waals surface area contributed by atoms with E-state index in [-0.39, 0.29) is 23.5 Å². The van der Waals surface area contributed by atoms with E-state index in [2.05, 4.69) is 5.32 Å². The number of likely N-dealkylation sites (tertiary alicyclic amines) is 1. The van der Waals surface area contributed by atoms with E-state index < -0.39 is 0 Å². The summed E-state index contributed by atoms with van der Waals surface area (Å²) < 4.78 is 20.1. The molecule has 7 heteroatoms. The molecule has 0 bridgehead atoms. The van der Waals surface area contributed by atoms with Crippen LogP contribution in [-0.2, 0) is 7.05 Å². The van der Waals surface area contributed by atoms with Gasteiger partial charge in [-0.15, -0.1) is 0 Å². The van der Waals surface area contributed by atoms with Crippen LogP contribution >= 0.6 is 0 Å². The first-order valence-corrected chi connectivity index (χ1v) is 7.58. The van der Waals surface area contributed by atoms with Gasteiger partial charge in [-0.25, -0.2) is 9.18 Å². The van der Waals surface area contributed by atoms with E-state index in [1.165, 1.54) is 34.9 Å². The number of hydrogen-bond donors (Lipinski definition) is 1. The van der Waals surface area contributed by atoms with Crippen LogP contribution in [0.4, 0.5) is 14.9 Å². The Balaban J connectivity index is 1.53. The molecule has 1 aliphatic rings. The smallest absolute Gasteiger partial charge is 0.322 e. The number of aromatic nitrogens is 1. The summed E-state index contributed by atoms with van der Waals surface area (Å²) in [6, 6.07) is 8.55. The Bertz CT molecular complexity index is 811. The van der Waals surface area contributed by atoms with E-state index in [1.807, 2.05) is 6.92 Å². The third-order valence-corrected chi connectivity index (χ3v) is 4.01. The van der Waals surface area contributed by atoms with Crippen molar-refractivity contribution in [3.8, 4) is 5.75 Å². The topological polar surface area (TPSA) is 63.6 Å². The first kappa shape index (κ1) is 16.0. The zero-order valence-electron chi connectivity index (χ0n) is 13.5. The Morgan fingerprint density at radius 1 is 1.25 bits per heavy atom. The fraction of sp³-hybridized carbons (Fsp3) is 0.294. The number of amides is 2. The van der Waals surface area contributed by atoms with Crippen molar-refractivity contribution < 1.29 is 13.9 Å². The van der Waals surface area contributed by atoms with Crippen LogP contribution in [-0.4, -0.2) is 34.7 Å². The highest BCUT2D eigenvalue weighted by atomic mass is 19.1. The molecule has 0 saturated carbocycles. The van der Waals surface area contributed by atoms with Gasteiger partial charge in [0.1, 0.15) is 17.7 Å². The van der Waals surface area contributed by atoms with Crippen molar-refractivity contribution in [2.45, 2.75) is 13.0 Å². The Morgan fingerprint density at radius 3 is 2.54 bits per heavy atom. The number of benzene rings is 1. The number of halogens is 1. The van der Waals surface area contributed by atoms with Crippen molar-refractivity contribution in [1.82, 2.24) is 9.47 Å². The van der Waals surface area contributed by atoms with E-state index in [0.717, 1.165) is 5.69 Å². The summed E-state index contributed by atoms with van der Waals surface area (Å²) in [5.74, 6) is 0.161. The standard InChI is InChI=1S/C17H18FN3O3/c1-11-7-14(8-16(22)20(11)2)24-15-9-21(10-15)17(23)19-13-5-3-12(18)4-6-13/h3-8,15H,9-10H2,1-2H3,(H,19,23). The maximum Gasteiger partial charge on any atom is 0.322 e. The SMILES string of the molecule is Cc1cc(OC2CN(C(=O)Nc3ccc(F)cc3)C2)cc(=O)n1C. The number of anilines is 1. The van der Waals surface area contributed by atoms with Crippen LogP contribution in [0.2, 0.25) is 0 Å². The van der Waals surface area contributed by atoms with E-state index in [0.29, 0.717) is 24.5 Å². The fourth-order valence-corrected chi connectivity index (χ4v) is 2.41. The van der Waals surface area contributed by atoms with E-state index in [1.54, 1.807) is 18.0 Å². The fourth-order valence-electron chi connectivity index (χ4n) is 2.41. The molecule has 1 aliphatic heterocycles. The quantitative estimate of drug-likeness (QED) is 0.937. The molecule has 0 spiro atoms. The molecule has 3 rings (SSSR count). The molecule has 1 fully saturated rings. The van der Waals surface area contributed by atoms with Gasteiger partial charge in [0, 0.05) is 24.5 Å². The number of urea groups is 1. The molecule has 126 valence electrons. The molecular weight excluding hydrogens is 313 g/mol. The van der Waals surface area contributed by atoms with Crippen LogP contribution in [0.1, 0.15) is 5.69 Å². The summed E-state index contributed by atoms with van der Waals surface area (Å²) >= 11 is 0. The predicted molar refractivity (Wildman–Crippen MR) is 87.8 cm³/mol. The molecule has 2 aromatic rings. The monoisotopic (exact) mass is 331 g/mol. The summed E-state index contributed by atoms with van der Waals surface area (Å²) in [6.07, 6.45) is -0.143. The Morgan fingerprint density at radius 2 is 1.92 bits per heavy atom. The molecule has 0 radical (unpaired) electrons. The second-order valence-electron chi connectivity index (χ2n) is 5.81. The number of hydrogen-bond acceptors (Lipinski definition) is 3. The predicted octanol–water partition coefficient (Wildman–Crippen LogP) is 2.13. The molecule has 0 unspecified atom stereocenters. The highest BCUT2D eigenvalue weighted by molar-refractivity contribution is 5.89. The van der Waals surface area contributed by atoms with Gasteiger partial charge < -0.3 is 19.5 Å². The number of carbonyl (C=O) groups is 1. The Hall–Kier alpha value is -2.83. The molecule has 0 atom stereocenters. The largest absolute Gasteiger partial charge is 0.486 e. The lowest BCUT2D eigenvalue weighted by molar-refractivity contribution is 0.0490.